The number of hydrogen-bond acceptors (Lipinski definition) is 3. The number of hydrogen-bond donors (Lipinski definition) is 2. The van der Waals surface area contributed by atoms with Crippen molar-refractivity contribution in [2.24, 2.45) is 5.92 Å². The van der Waals surface area contributed by atoms with E-state index in [0.29, 0.717) is 32.5 Å². The van der Waals surface area contributed by atoms with Crippen LogP contribution in [0.2, 0.25) is 0 Å². The molecule has 0 unspecified atom stereocenters. The lowest BCUT2D eigenvalue weighted by molar-refractivity contribution is -0.132. The molecule has 2 fully saturated rings. The number of nitrogens with zero attached hydrogens (tertiary/aromatic N) is 1. The van der Waals surface area contributed by atoms with E-state index in [1.165, 1.54) is 12.5 Å². The number of amides is 2. The Morgan fingerprint density at radius 3 is 2.43 bits per heavy atom. The van der Waals surface area contributed by atoms with Gasteiger partial charge in [0.2, 0.25) is 11.8 Å². The van der Waals surface area contributed by atoms with Gasteiger partial charge in [0.1, 0.15) is 0 Å². The number of carbonyl (C=O) groups excluding carboxylic acids is 2. The van der Waals surface area contributed by atoms with Crippen LogP contribution >= 0.6 is 0 Å². The highest BCUT2D eigenvalue weighted by Crippen LogP contribution is 2.27. The SMILES string of the molecule is C=CC(=O)N1CCC(C(=O)NCC2(O)CCCCC2)CC1. The predicted octanol–water partition coefficient (Wildman–Crippen LogP) is 1.22. The standard InChI is InChI=1S/C16H26N2O3/c1-2-14(19)18-10-6-13(7-11-18)15(20)17-12-16(21)8-4-3-5-9-16/h2,13,21H,1,3-12H2,(H,17,20). The quantitative estimate of drug-likeness (QED) is 0.766. The molecule has 0 spiro atoms. The van der Waals surface area contributed by atoms with E-state index in [2.05, 4.69) is 11.9 Å². The van der Waals surface area contributed by atoms with Gasteiger partial charge in [-0.3, -0.25) is 9.59 Å². The molecule has 2 aliphatic rings. The second kappa shape index (κ2) is 7.07. The second-order valence-corrected chi connectivity index (χ2v) is 6.31. The van der Waals surface area contributed by atoms with Crippen molar-refractivity contribution in [3.63, 3.8) is 0 Å². The molecular weight excluding hydrogens is 268 g/mol. The van der Waals surface area contributed by atoms with Crippen LogP contribution in [0, 0.1) is 5.92 Å². The molecule has 2 rings (SSSR count). The smallest absolute Gasteiger partial charge is 0.245 e. The first-order valence-electron chi connectivity index (χ1n) is 7.95. The summed E-state index contributed by atoms with van der Waals surface area (Å²) in [7, 11) is 0. The molecule has 1 saturated heterocycles. The molecule has 1 aliphatic carbocycles. The summed E-state index contributed by atoms with van der Waals surface area (Å²) in [6.45, 7) is 5.05. The minimum atomic E-state index is -0.715. The van der Waals surface area contributed by atoms with Gasteiger partial charge in [-0.05, 0) is 31.8 Å². The van der Waals surface area contributed by atoms with Crippen LogP contribution in [0.15, 0.2) is 12.7 Å². The molecule has 118 valence electrons. The Morgan fingerprint density at radius 1 is 1.24 bits per heavy atom. The number of carbonyl (C=O) groups is 2. The Kier molecular flexibility index (Phi) is 5.39. The zero-order valence-electron chi connectivity index (χ0n) is 12.6. The summed E-state index contributed by atoms with van der Waals surface area (Å²) in [4.78, 5) is 25.4. The molecule has 2 N–H and O–H groups in total. The van der Waals surface area contributed by atoms with E-state index < -0.39 is 5.60 Å². The molecular formula is C16H26N2O3. The second-order valence-electron chi connectivity index (χ2n) is 6.31. The van der Waals surface area contributed by atoms with E-state index in [4.69, 9.17) is 0 Å². The number of aliphatic hydroxyl groups is 1. The average molecular weight is 294 g/mol. The van der Waals surface area contributed by atoms with Gasteiger partial charge in [0.15, 0.2) is 0 Å². The van der Waals surface area contributed by atoms with Gasteiger partial charge in [-0.25, -0.2) is 0 Å². The third kappa shape index (κ3) is 4.30. The molecule has 1 aliphatic heterocycles. The van der Waals surface area contributed by atoms with Crippen LogP contribution in [-0.2, 0) is 9.59 Å². The molecule has 0 aromatic heterocycles. The Labute approximate surface area is 126 Å². The fourth-order valence-electron chi connectivity index (χ4n) is 3.27. The molecule has 5 nitrogen and oxygen atoms in total. The molecule has 2 amide bonds. The molecule has 5 heteroatoms. The van der Waals surface area contributed by atoms with Gasteiger partial charge in [0, 0.05) is 25.6 Å². The number of rotatable bonds is 4. The summed E-state index contributed by atoms with van der Waals surface area (Å²) in [5.74, 6) is -0.101. The van der Waals surface area contributed by atoms with Gasteiger partial charge in [0.05, 0.1) is 5.60 Å². The van der Waals surface area contributed by atoms with E-state index in [-0.39, 0.29) is 17.7 Å². The van der Waals surface area contributed by atoms with Crippen LogP contribution < -0.4 is 5.32 Å². The lowest BCUT2D eigenvalue weighted by Crippen LogP contribution is -2.48. The summed E-state index contributed by atoms with van der Waals surface area (Å²) in [5, 5.41) is 13.3. The Hall–Kier alpha value is -1.36. The Morgan fingerprint density at radius 2 is 1.86 bits per heavy atom. The molecule has 21 heavy (non-hydrogen) atoms. The number of piperidine rings is 1. The highest BCUT2D eigenvalue weighted by atomic mass is 16.3. The van der Waals surface area contributed by atoms with E-state index in [0.717, 1.165) is 25.7 Å². The highest BCUT2D eigenvalue weighted by molar-refractivity contribution is 5.87. The minimum absolute atomic E-state index is 0.0136. The van der Waals surface area contributed by atoms with Gasteiger partial charge in [-0.2, -0.15) is 0 Å². The summed E-state index contributed by atoms with van der Waals surface area (Å²) in [6, 6.07) is 0. The third-order valence-electron chi connectivity index (χ3n) is 4.73. The summed E-state index contributed by atoms with van der Waals surface area (Å²) < 4.78 is 0. The fraction of sp³-hybridized carbons (Fsp3) is 0.750. The topological polar surface area (TPSA) is 69.6 Å². The normalized spacial score (nSPS) is 22.6. The first kappa shape index (κ1) is 16.0. The lowest BCUT2D eigenvalue weighted by Gasteiger charge is -2.34. The molecule has 0 atom stereocenters. The molecule has 1 heterocycles. The zero-order valence-corrected chi connectivity index (χ0v) is 12.6. The van der Waals surface area contributed by atoms with Crippen LogP contribution in [-0.4, -0.2) is 47.1 Å². The van der Waals surface area contributed by atoms with Gasteiger partial charge in [0.25, 0.3) is 0 Å². The van der Waals surface area contributed by atoms with Crippen molar-refractivity contribution < 1.29 is 14.7 Å². The first-order valence-corrected chi connectivity index (χ1v) is 7.95. The monoisotopic (exact) mass is 294 g/mol. The van der Waals surface area contributed by atoms with Gasteiger partial charge in [-0.1, -0.05) is 25.8 Å². The zero-order chi connectivity index (χ0) is 15.3. The van der Waals surface area contributed by atoms with E-state index >= 15 is 0 Å². The molecule has 0 aromatic rings. The summed E-state index contributed by atoms with van der Waals surface area (Å²) in [5.41, 5.74) is -0.715. The maximum absolute atomic E-state index is 12.2. The Bertz CT molecular complexity index is 394. The van der Waals surface area contributed by atoms with Crippen molar-refractivity contribution in [3.8, 4) is 0 Å². The molecule has 0 radical (unpaired) electrons. The van der Waals surface area contributed by atoms with Crippen molar-refractivity contribution in [2.75, 3.05) is 19.6 Å². The van der Waals surface area contributed by atoms with Crippen LogP contribution in [0.3, 0.4) is 0 Å². The van der Waals surface area contributed by atoms with Gasteiger partial charge >= 0.3 is 0 Å². The van der Waals surface area contributed by atoms with Crippen molar-refractivity contribution in [1.29, 1.82) is 0 Å². The highest BCUT2D eigenvalue weighted by Gasteiger charge is 2.31. The Balaban J connectivity index is 1.74. The molecule has 0 aromatic carbocycles. The van der Waals surface area contributed by atoms with Crippen molar-refractivity contribution in [3.05, 3.63) is 12.7 Å². The molecule has 0 bridgehead atoms. The first-order chi connectivity index (χ1) is 10.0. The largest absolute Gasteiger partial charge is 0.388 e. The number of nitrogens with one attached hydrogen (secondary N) is 1. The summed E-state index contributed by atoms with van der Waals surface area (Å²) in [6.07, 6.45) is 7.49. The van der Waals surface area contributed by atoms with Crippen molar-refractivity contribution >= 4 is 11.8 Å². The fourth-order valence-corrected chi connectivity index (χ4v) is 3.27. The maximum Gasteiger partial charge on any atom is 0.245 e. The van der Waals surface area contributed by atoms with E-state index in [1.54, 1.807) is 4.90 Å². The average Bonchev–Trinajstić information content (AvgIpc) is 2.53. The van der Waals surface area contributed by atoms with Crippen LogP contribution in [0.4, 0.5) is 0 Å². The third-order valence-corrected chi connectivity index (χ3v) is 4.73. The number of likely N-dealkylation sites (tertiary alicyclic amines) is 1. The lowest BCUT2D eigenvalue weighted by atomic mass is 9.84. The molecule has 1 saturated carbocycles. The van der Waals surface area contributed by atoms with Crippen molar-refractivity contribution in [1.82, 2.24) is 10.2 Å². The van der Waals surface area contributed by atoms with Gasteiger partial charge in [-0.15, -0.1) is 0 Å². The van der Waals surface area contributed by atoms with E-state index in [9.17, 15) is 14.7 Å². The van der Waals surface area contributed by atoms with Crippen LogP contribution in [0.5, 0.6) is 0 Å². The van der Waals surface area contributed by atoms with Crippen LogP contribution in [0.1, 0.15) is 44.9 Å². The maximum atomic E-state index is 12.2. The minimum Gasteiger partial charge on any atom is -0.388 e. The summed E-state index contributed by atoms with van der Waals surface area (Å²) >= 11 is 0. The predicted molar refractivity (Wildman–Crippen MR) is 80.5 cm³/mol. The van der Waals surface area contributed by atoms with Crippen LogP contribution in [0.25, 0.3) is 0 Å². The van der Waals surface area contributed by atoms with Gasteiger partial charge < -0.3 is 15.3 Å². The van der Waals surface area contributed by atoms with E-state index in [1.807, 2.05) is 0 Å². The van der Waals surface area contributed by atoms with Crippen molar-refractivity contribution in [2.45, 2.75) is 50.5 Å².